The molecule has 4 rings (SSSR count). The molecule has 2 aromatic rings. The molecule has 2 heterocycles. The third kappa shape index (κ3) is 2.73. The van der Waals surface area contributed by atoms with Crippen molar-refractivity contribution in [3.63, 3.8) is 0 Å². The number of nitrogens with one attached hydrogen (secondary N) is 1. The smallest absolute Gasteiger partial charge is 0.230 e. The summed E-state index contributed by atoms with van der Waals surface area (Å²) in [7, 11) is 1.97. The molecule has 0 bridgehead atoms. The number of hydrogen-bond donors (Lipinski definition) is 1. The van der Waals surface area contributed by atoms with Crippen molar-refractivity contribution in [3.8, 4) is 0 Å². The highest BCUT2D eigenvalue weighted by Crippen LogP contribution is 2.48. The van der Waals surface area contributed by atoms with Gasteiger partial charge in [-0.15, -0.1) is 0 Å². The highest BCUT2D eigenvalue weighted by atomic mass is 16.5. The first kappa shape index (κ1) is 15.4. The Bertz CT molecular complexity index is 721. The molecule has 1 aliphatic heterocycles. The SMILES string of the molecule is Cn1cncc1C1CC(NC(=O)C2(c3ccccc3)CC2)CCO1. The second-order valence-corrected chi connectivity index (χ2v) is 6.93. The standard InChI is InChI=1S/C19H23N3O2/c1-22-13-20-12-16(22)17-11-15(7-10-24-17)21-18(23)19(8-9-19)14-5-3-2-4-6-14/h2-6,12-13,15,17H,7-11H2,1H3,(H,21,23). The van der Waals surface area contributed by atoms with E-state index in [1.807, 2.05) is 36.0 Å². The summed E-state index contributed by atoms with van der Waals surface area (Å²) in [5.41, 5.74) is 1.90. The molecule has 1 aromatic heterocycles. The largest absolute Gasteiger partial charge is 0.372 e. The minimum Gasteiger partial charge on any atom is -0.372 e. The van der Waals surface area contributed by atoms with E-state index < -0.39 is 0 Å². The van der Waals surface area contributed by atoms with Crippen LogP contribution in [0.3, 0.4) is 0 Å². The first-order valence-corrected chi connectivity index (χ1v) is 8.63. The Morgan fingerprint density at radius 3 is 2.79 bits per heavy atom. The Labute approximate surface area is 142 Å². The number of nitrogens with zero attached hydrogens (tertiary/aromatic N) is 2. The summed E-state index contributed by atoms with van der Waals surface area (Å²) in [6, 6.07) is 10.3. The van der Waals surface area contributed by atoms with E-state index in [1.54, 1.807) is 6.33 Å². The van der Waals surface area contributed by atoms with E-state index in [0.717, 1.165) is 36.9 Å². The molecule has 2 atom stereocenters. The lowest BCUT2D eigenvalue weighted by Gasteiger charge is -2.31. The van der Waals surface area contributed by atoms with Crippen LogP contribution >= 0.6 is 0 Å². The summed E-state index contributed by atoms with van der Waals surface area (Å²) in [6.07, 6.45) is 7.19. The van der Waals surface area contributed by atoms with E-state index in [-0.39, 0.29) is 23.5 Å². The Morgan fingerprint density at radius 2 is 2.12 bits per heavy atom. The summed E-state index contributed by atoms with van der Waals surface area (Å²) >= 11 is 0. The van der Waals surface area contributed by atoms with Gasteiger partial charge in [-0.05, 0) is 31.2 Å². The van der Waals surface area contributed by atoms with Crippen molar-refractivity contribution in [2.45, 2.75) is 43.2 Å². The van der Waals surface area contributed by atoms with Crippen LogP contribution in [0, 0.1) is 0 Å². The topological polar surface area (TPSA) is 56.2 Å². The van der Waals surface area contributed by atoms with Gasteiger partial charge in [-0.2, -0.15) is 0 Å². The number of benzene rings is 1. The molecule has 24 heavy (non-hydrogen) atoms. The van der Waals surface area contributed by atoms with Crippen LogP contribution in [0.1, 0.15) is 43.0 Å². The van der Waals surface area contributed by atoms with Gasteiger partial charge >= 0.3 is 0 Å². The average molecular weight is 325 g/mol. The number of rotatable bonds is 4. The van der Waals surface area contributed by atoms with Crippen LogP contribution in [-0.2, 0) is 22.0 Å². The van der Waals surface area contributed by atoms with Gasteiger partial charge in [0.05, 0.1) is 23.6 Å². The van der Waals surface area contributed by atoms with Gasteiger partial charge in [0.1, 0.15) is 6.10 Å². The molecule has 1 aromatic carbocycles. The van der Waals surface area contributed by atoms with Crippen LogP contribution in [0.25, 0.3) is 0 Å². The van der Waals surface area contributed by atoms with Crippen molar-refractivity contribution in [3.05, 3.63) is 54.1 Å². The highest BCUT2D eigenvalue weighted by Gasteiger charge is 2.51. The molecule has 2 aliphatic rings. The molecule has 126 valence electrons. The van der Waals surface area contributed by atoms with E-state index in [2.05, 4.69) is 22.4 Å². The number of aryl methyl sites for hydroxylation is 1. The second kappa shape index (κ2) is 6.06. The maximum absolute atomic E-state index is 12.9. The lowest BCUT2D eigenvalue weighted by Crippen LogP contribution is -2.44. The Hall–Kier alpha value is -2.14. The summed E-state index contributed by atoms with van der Waals surface area (Å²) in [5.74, 6) is 0.171. The minimum atomic E-state index is -0.304. The zero-order valence-corrected chi connectivity index (χ0v) is 13.9. The minimum absolute atomic E-state index is 0.00317. The van der Waals surface area contributed by atoms with Gasteiger partial charge in [-0.3, -0.25) is 4.79 Å². The van der Waals surface area contributed by atoms with Crippen molar-refractivity contribution in [2.75, 3.05) is 6.61 Å². The molecule has 2 unspecified atom stereocenters. The molecule has 2 fully saturated rings. The third-order valence-corrected chi connectivity index (χ3v) is 5.31. The van der Waals surface area contributed by atoms with Gasteiger partial charge in [-0.25, -0.2) is 4.98 Å². The summed E-state index contributed by atoms with van der Waals surface area (Å²) in [6.45, 7) is 0.666. The fourth-order valence-electron chi connectivity index (χ4n) is 3.66. The summed E-state index contributed by atoms with van der Waals surface area (Å²) < 4.78 is 7.88. The number of carbonyl (C=O) groups excluding carboxylic acids is 1. The molecule has 1 N–H and O–H groups in total. The third-order valence-electron chi connectivity index (χ3n) is 5.31. The monoisotopic (exact) mass is 325 g/mol. The Morgan fingerprint density at radius 1 is 1.33 bits per heavy atom. The molecular weight excluding hydrogens is 302 g/mol. The van der Waals surface area contributed by atoms with Crippen LogP contribution in [0.2, 0.25) is 0 Å². The lowest BCUT2D eigenvalue weighted by atomic mass is 9.93. The number of carbonyl (C=O) groups is 1. The summed E-state index contributed by atoms with van der Waals surface area (Å²) in [4.78, 5) is 17.1. The molecule has 5 heteroatoms. The Balaban J connectivity index is 1.44. The average Bonchev–Trinajstić information content (AvgIpc) is 3.32. The molecule has 5 nitrogen and oxygen atoms in total. The van der Waals surface area contributed by atoms with Crippen LogP contribution in [0.4, 0.5) is 0 Å². The van der Waals surface area contributed by atoms with Crippen molar-refractivity contribution in [1.29, 1.82) is 0 Å². The number of imidazole rings is 1. The van der Waals surface area contributed by atoms with Crippen LogP contribution < -0.4 is 5.32 Å². The zero-order chi connectivity index (χ0) is 16.6. The maximum atomic E-state index is 12.9. The predicted octanol–water partition coefficient (Wildman–Crippen LogP) is 2.49. The fourth-order valence-corrected chi connectivity index (χ4v) is 3.66. The summed E-state index contributed by atoms with van der Waals surface area (Å²) in [5, 5.41) is 3.28. The molecule has 1 saturated heterocycles. The van der Waals surface area contributed by atoms with E-state index in [0.29, 0.717) is 6.61 Å². The van der Waals surface area contributed by atoms with Gasteiger partial charge < -0.3 is 14.6 Å². The molecule has 1 aliphatic carbocycles. The van der Waals surface area contributed by atoms with Crippen molar-refractivity contribution < 1.29 is 9.53 Å². The quantitative estimate of drug-likeness (QED) is 0.939. The van der Waals surface area contributed by atoms with Gasteiger partial charge in [0, 0.05) is 19.7 Å². The van der Waals surface area contributed by atoms with Crippen molar-refractivity contribution >= 4 is 5.91 Å². The number of hydrogen-bond acceptors (Lipinski definition) is 3. The molecule has 1 amide bonds. The highest BCUT2D eigenvalue weighted by molar-refractivity contribution is 5.91. The maximum Gasteiger partial charge on any atom is 0.230 e. The van der Waals surface area contributed by atoms with E-state index in [9.17, 15) is 4.79 Å². The van der Waals surface area contributed by atoms with Crippen molar-refractivity contribution in [2.24, 2.45) is 7.05 Å². The number of ether oxygens (including phenoxy) is 1. The first-order valence-electron chi connectivity index (χ1n) is 8.63. The van der Waals surface area contributed by atoms with Crippen LogP contribution in [0.15, 0.2) is 42.9 Å². The molecule has 0 radical (unpaired) electrons. The van der Waals surface area contributed by atoms with Gasteiger partial charge in [0.15, 0.2) is 0 Å². The van der Waals surface area contributed by atoms with E-state index >= 15 is 0 Å². The van der Waals surface area contributed by atoms with Gasteiger partial charge in [-0.1, -0.05) is 30.3 Å². The fraction of sp³-hybridized carbons (Fsp3) is 0.474. The van der Waals surface area contributed by atoms with Crippen LogP contribution in [0.5, 0.6) is 0 Å². The number of amides is 1. The second-order valence-electron chi connectivity index (χ2n) is 6.93. The van der Waals surface area contributed by atoms with E-state index in [1.165, 1.54) is 0 Å². The molecule has 0 spiro atoms. The molecule has 1 saturated carbocycles. The zero-order valence-electron chi connectivity index (χ0n) is 13.9. The lowest BCUT2D eigenvalue weighted by molar-refractivity contribution is -0.125. The molecular formula is C19H23N3O2. The van der Waals surface area contributed by atoms with Crippen LogP contribution in [-0.4, -0.2) is 28.1 Å². The Kier molecular flexibility index (Phi) is 3.88. The predicted molar refractivity (Wildman–Crippen MR) is 90.4 cm³/mol. The van der Waals surface area contributed by atoms with Gasteiger partial charge in [0.2, 0.25) is 5.91 Å². The van der Waals surface area contributed by atoms with Gasteiger partial charge in [0.25, 0.3) is 0 Å². The normalized spacial score (nSPS) is 25.2. The first-order chi connectivity index (χ1) is 11.7. The van der Waals surface area contributed by atoms with Crippen molar-refractivity contribution in [1.82, 2.24) is 14.9 Å². The van der Waals surface area contributed by atoms with E-state index in [4.69, 9.17) is 4.74 Å². The number of aromatic nitrogens is 2.